The summed E-state index contributed by atoms with van der Waals surface area (Å²) in [6, 6.07) is 6.74. The maximum Gasteiger partial charge on any atom is 0.257 e. The number of halogens is 7. The van der Waals surface area contributed by atoms with Crippen molar-refractivity contribution in [2.24, 2.45) is 11.8 Å². The zero-order valence-electron chi connectivity index (χ0n) is 17.9. The molecule has 2 N–H and O–H groups in total. The Labute approximate surface area is 219 Å². The quantitative estimate of drug-likeness (QED) is 0.267. The van der Waals surface area contributed by atoms with Crippen LogP contribution in [0.4, 0.5) is 24.5 Å². The highest BCUT2D eigenvalue weighted by Gasteiger charge is 2.67. The number of amides is 2. The van der Waals surface area contributed by atoms with Crippen molar-refractivity contribution in [3.8, 4) is 0 Å². The van der Waals surface area contributed by atoms with Crippen LogP contribution in [0.15, 0.2) is 71.6 Å². The number of benzene rings is 2. The van der Waals surface area contributed by atoms with E-state index in [0.717, 1.165) is 18.2 Å². The normalized spacial score (nSPS) is 19.2. The van der Waals surface area contributed by atoms with Gasteiger partial charge in [-0.25, -0.2) is 13.2 Å². The second kappa shape index (κ2) is 10.7. The fraction of sp³-hybridized carbons (Fsp3) is 0.167. The van der Waals surface area contributed by atoms with E-state index < -0.39 is 45.4 Å². The predicted octanol–water partition coefficient (Wildman–Crippen LogP) is 7.78. The number of rotatable bonds is 7. The Morgan fingerprint density at radius 1 is 1.06 bits per heavy atom. The molecule has 1 aliphatic rings. The Hall–Kier alpha value is -2.45. The third-order valence-electron chi connectivity index (χ3n) is 5.17. The molecular formula is C24H17Cl4F3N2O2. The number of hydrogen-bond donors (Lipinski definition) is 2. The molecule has 2 aromatic carbocycles. The molecule has 0 radical (unpaired) electrons. The lowest BCUT2D eigenvalue weighted by atomic mass is 10.1. The number of carbonyl (C=O) groups excluding carboxylic acids is 2. The minimum absolute atomic E-state index is 0.0273. The van der Waals surface area contributed by atoms with Crippen molar-refractivity contribution in [3.63, 3.8) is 0 Å². The Morgan fingerprint density at radius 3 is 2.37 bits per heavy atom. The van der Waals surface area contributed by atoms with Crippen molar-refractivity contribution in [2.45, 2.75) is 11.3 Å². The largest absolute Gasteiger partial charge is 0.326 e. The van der Waals surface area contributed by atoms with Crippen molar-refractivity contribution < 1.29 is 22.8 Å². The third kappa shape index (κ3) is 6.22. The van der Waals surface area contributed by atoms with Crippen LogP contribution in [0.2, 0.25) is 5.02 Å². The van der Waals surface area contributed by atoms with Crippen molar-refractivity contribution in [1.82, 2.24) is 0 Å². The van der Waals surface area contributed by atoms with Gasteiger partial charge in [-0.2, -0.15) is 0 Å². The third-order valence-corrected chi connectivity index (χ3v) is 6.62. The summed E-state index contributed by atoms with van der Waals surface area (Å²) in [6.45, 7) is 5.17. The molecule has 0 heterocycles. The van der Waals surface area contributed by atoms with E-state index in [1.54, 1.807) is 0 Å². The first-order chi connectivity index (χ1) is 16.3. The minimum atomic E-state index is -1.48. The number of anilines is 2. The van der Waals surface area contributed by atoms with Crippen molar-refractivity contribution in [2.75, 3.05) is 10.6 Å². The molecule has 0 aromatic heterocycles. The Kier molecular flexibility index (Phi) is 8.27. The van der Waals surface area contributed by atoms with Gasteiger partial charge in [0.1, 0.15) is 21.8 Å². The topological polar surface area (TPSA) is 58.2 Å². The molecule has 35 heavy (non-hydrogen) atoms. The summed E-state index contributed by atoms with van der Waals surface area (Å²) < 4.78 is 39.1. The Balaban J connectivity index is 1.73. The zero-order chi connectivity index (χ0) is 26.1. The van der Waals surface area contributed by atoms with E-state index in [1.165, 1.54) is 31.2 Å². The van der Waals surface area contributed by atoms with Gasteiger partial charge in [-0.3, -0.25) is 9.59 Å². The van der Waals surface area contributed by atoms with E-state index in [4.69, 9.17) is 46.4 Å². The molecule has 1 aliphatic carbocycles. The van der Waals surface area contributed by atoms with Crippen LogP contribution >= 0.6 is 46.4 Å². The first kappa shape index (κ1) is 27.1. The predicted molar refractivity (Wildman–Crippen MR) is 134 cm³/mol. The van der Waals surface area contributed by atoms with Crippen LogP contribution in [0.25, 0.3) is 0 Å². The van der Waals surface area contributed by atoms with Crippen LogP contribution in [0.1, 0.15) is 17.3 Å². The second-order valence-electron chi connectivity index (χ2n) is 7.68. The molecule has 2 atom stereocenters. The number of allylic oxidation sites excluding steroid dienone is 5. The molecule has 4 nitrogen and oxygen atoms in total. The van der Waals surface area contributed by atoms with Gasteiger partial charge in [-0.1, -0.05) is 35.9 Å². The summed E-state index contributed by atoms with van der Waals surface area (Å²) in [6.07, 6.45) is 2.42. The van der Waals surface area contributed by atoms with Crippen LogP contribution in [0.5, 0.6) is 0 Å². The van der Waals surface area contributed by atoms with Gasteiger partial charge in [0.15, 0.2) is 0 Å². The summed E-state index contributed by atoms with van der Waals surface area (Å²) >= 11 is 24.2. The number of hydrogen-bond acceptors (Lipinski definition) is 2. The summed E-state index contributed by atoms with van der Waals surface area (Å²) in [5.41, 5.74) is 0.182. The van der Waals surface area contributed by atoms with Crippen LogP contribution in [0, 0.1) is 23.5 Å². The average Bonchev–Trinajstić information content (AvgIpc) is 3.37. The Bertz CT molecular complexity index is 1270. The second-order valence-corrected chi connectivity index (χ2v) is 10.1. The highest BCUT2D eigenvalue weighted by molar-refractivity contribution is 6.53. The molecule has 1 saturated carbocycles. The van der Waals surface area contributed by atoms with E-state index in [1.807, 2.05) is 0 Å². The van der Waals surface area contributed by atoms with E-state index in [2.05, 4.69) is 17.2 Å². The van der Waals surface area contributed by atoms with Crippen LogP contribution in [-0.2, 0) is 4.79 Å². The lowest BCUT2D eigenvalue weighted by molar-refractivity contribution is -0.117. The van der Waals surface area contributed by atoms with E-state index >= 15 is 0 Å². The molecule has 2 aromatic rings. The molecule has 3 rings (SSSR count). The highest BCUT2D eigenvalue weighted by Crippen LogP contribution is 2.62. The molecule has 0 unspecified atom stereocenters. The number of alkyl halides is 2. The molecule has 184 valence electrons. The number of nitrogens with one attached hydrogen (secondary N) is 2. The van der Waals surface area contributed by atoms with Crippen molar-refractivity contribution in [3.05, 3.63) is 93.8 Å². The average molecular weight is 564 g/mol. The fourth-order valence-electron chi connectivity index (χ4n) is 3.29. The van der Waals surface area contributed by atoms with E-state index in [9.17, 15) is 22.8 Å². The summed E-state index contributed by atoms with van der Waals surface area (Å²) in [5.74, 6) is -5.40. The van der Waals surface area contributed by atoms with Crippen LogP contribution in [0.3, 0.4) is 0 Å². The fourth-order valence-corrected chi connectivity index (χ4v) is 4.41. The van der Waals surface area contributed by atoms with Gasteiger partial charge < -0.3 is 10.6 Å². The first-order valence-corrected chi connectivity index (χ1v) is 11.5. The summed E-state index contributed by atoms with van der Waals surface area (Å²) in [7, 11) is 0. The maximum absolute atomic E-state index is 13.9. The zero-order valence-corrected chi connectivity index (χ0v) is 21.0. The van der Waals surface area contributed by atoms with Crippen LogP contribution < -0.4 is 10.6 Å². The smallest absolute Gasteiger partial charge is 0.257 e. The summed E-state index contributed by atoms with van der Waals surface area (Å²) in [4.78, 5) is 25.4. The Morgan fingerprint density at radius 2 is 1.74 bits per heavy atom. The molecule has 0 saturated heterocycles. The highest BCUT2D eigenvalue weighted by atomic mass is 35.5. The van der Waals surface area contributed by atoms with Crippen molar-refractivity contribution in [1.29, 1.82) is 0 Å². The van der Waals surface area contributed by atoms with Crippen LogP contribution in [-0.4, -0.2) is 16.1 Å². The van der Waals surface area contributed by atoms with Gasteiger partial charge >= 0.3 is 0 Å². The van der Waals surface area contributed by atoms with E-state index in [-0.39, 0.29) is 27.0 Å². The molecule has 11 heteroatoms. The summed E-state index contributed by atoms with van der Waals surface area (Å²) in [5, 5.41) is 4.86. The van der Waals surface area contributed by atoms with Gasteiger partial charge in [-0.15, -0.1) is 23.2 Å². The minimum Gasteiger partial charge on any atom is -0.326 e. The molecule has 2 amide bonds. The van der Waals surface area contributed by atoms with Gasteiger partial charge in [-0.05, 0) is 48.9 Å². The monoisotopic (exact) mass is 562 g/mol. The maximum atomic E-state index is 13.9. The van der Waals surface area contributed by atoms with E-state index in [0.29, 0.717) is 11.6 Å². The molecule has 0 aliphatic heterocycles. The van der Waals surface area contributed by atoms with Crippen molar-refractivity contribution >= 4 is 69.6 Å². The van der Waals surface area contributed by atoms with Gasteiger partial charge in [0.05, 0.1) is 27.2 Å². The molecular weight excluding hydrogens is 547 g/mol. The standard InChI is InChI=1S/C24H17Cl4F3N2O2/c1-11(3-7-17(30)12(2)25)20-21(24(20,27)28)23(35)32-14-5-6-16(26)15(10-14)22(34)33-19-8-4-13(29)9-18(19)31/h3-10,20-21H,1H2,2H3,(H,32,35)(H,33,34)/b7-3-,17-12-/t20-,21+/m1/s1. The van der Waals surface area contributed by atoms with Gasteiger partial charge in [0.25, 0.3) is 5.91 Å². The number of carbonyl (C=O) groups is 2. The lowest BCUT2D eigenvalue weighted by Gasteiger charge is -2.11. The van der Waals surface area contributed by atoms with Gasteiger partial charge in [0.2, 0.25) is 5.91 Å². The first-order valence-electron chi connectivity index (χ1n) is 9.96. The molecule has 1 fully saturated rings. The molecule has 0 bridgehead atoms. The van der Waals surface area contributed by atoms with Gasteiger partial charge in [0, 0.05) is 17.7 Å². The lowest BCUT2D eigenvalue weighted by Crippen LogP contribution is -2.18. The molecule has 0 spiro atoms. The SMILES string of the molecule is C=C(/C=C\C(F)=C(/C)Cl)[C@@H]1[C@@H](C(=O)Nc2ccc(Cl)c(C(=O)Nc3ccc(F)cc3F)c2)C1(Cl)Cl.